The Morgan fingerprint density at radius 2 is 2.24 bits per heavy atom. The molecule has 0 saturated carbocycles. The van der Waals surface area contributed by atoms with Crippen molar-refractivity contribution >= 4 is 0 Å². The van der Waals surface area contributed by atoms with Crippen molar-refractivity contribution in [1.82, 2.24) is 20.4 Å². The van der Waals surface area contributed by atoms with Crippen LogP contribution in [0.25, 0.3) is 0 Å². The van der Waals surface area contributed by atoms with Crippen molar-refractivity contribution in [2.75, 3.05) is 26.2 Å². The Balaban J connectivity index is 1.55. The third-order valence-corrected chi connectivity index (χ3v) is 4.92. The Bertz CT molecular complexity index is 434. The SMILES string of the molecule is CCCCc1noc(CN2CCCC3(CCCNC3)C2)n1. The van der Waals surface area contributed by atoms with E-state index in [2.05, 4.69) is 27.3 Å². The van der Waals surface area contributed by atoms with Crippen molar-refractivity contribution < 1.29 is 4.52 Å². The lowest BCUT2D eigenvalue weighted by atomic mass is 9.74. The summed E-state index contributed by atoms with van der Waals surface area (Å²) in [6.07, 6.45) is 8.58. The highest BCUT2D eigenvalue weighted by Crippen LogP contribution is 2.36. The number of aryl methyl sites for hydroxylation is 1. The van der Waals surface area contributed by atoms with E-state index in [4.69, 9.17) is 4.52 Å². The molecule has 2 saturated heterocycles. The van der Waals surface area contributed by atoms with Gasteiger partial charge in [0.15, 0.2) is 5.82 Å². The molecule has 2 aliphatic heterocycles. The highest BCUT2D eigenvalue weighted by molar-refractivity contribution is 4.93. The number of hydrogen-bond acceptors (Lipinski definition) is 5. The normalized spacial score (nSPS) is 27.3. The zero-order valence-electron chi connectivity index (χ0n) is 13.2. The van der Waals surface area contributed by atoms with Crippen LogP contribution in [0, 0.1) is 5.41 Å². The predicted octanol–water partition coefficient (Wildman–Crippen LogP) is 2.38. The average molecular weight is 292 g/mol. The van der Waals surface area contributed by atoms with Crippen molar-refractivity contribution in [3.8, 4) is 0 Å². The van der Waals surface area contributed by atoms with Crippen LogP contribution < -0.4 is 5.32 Å². The summed E-state index contributed by atoms with van der Waals surface area (Å²) >= 11 is 0. The summed E-state index contributed by atoms with van der Waals surface area (Å²) < 4.78 is 5.42. The Kier molecular flexibility index (Phi) is 4.91. The Labute approximate surface area is 127 Å². The van der Waals surface area contributed by atoms with Crippen LogP contribution in [0.15, 0.2) is 4.52 Å². The molecule has 1 unspecified atom stereocenters. The number of nitrogens with zero attached hydrogens (tertiary/aromatic N) is 3. The zero-order valence-corrected chi connectivity index (χ0v) is 13.2. The topological polar surface area (TPSA) is 54.2 Å². The van der Waals surface area contributed by atoms with Crippen LogP contribution in [0.2, 0.25) is 0 Å². The largest absolute Gasteiger partial charge is 0.338 e. The molecule has 5 heteroatoms. The molecular formula is C16H28N4O. The third-order valence-electron chi connectivity index (χ3n) is 4.92. The van der Waals surface area contributed by atoms with Crippen molar-refractivity contribution in [1.29, 1.82) is 0 Å². The smallest absolute Gasteiger partial charge is 0.240 e. The van der Waals surface area contributed by atoms with E-state index in [1.165, 1.54) is 51.7 Å². The fraction of sp³-hybridized carbons (Fsp3) is 0.875. The molecule has 0 aromatic carbocycles. The van der Waals surface area contributed by atoms with Crippen LogP contribution in [0.1, 0.15) is 57.2 Å². The van der Waals surface area contributed by atoms with Gasteiger partial charge in [-0.15, -0.1) is 0 Å². The van der Waals surface area contributed by atoms with Crippen LogP contribution in [-0.4, -0.2) is 41.2 Å². The van der Waals surface area contributed by atoms with Crippen molar-refractivity contribution in [3.05, 3.63) is 11.7 Å². The van der Waals surface area contributed by atoms with Gasteiger partial charge in [-0.3, -0.25) is 4.90 Å². The summed E-state index contributed by atoms with van der Waals surface area (Å²) in [5.41, 5.74) is 0.488. The first-order valence-electron chi connectivity index (χ1n) is 8.54. The van der Waals surface area contributed by atoms with Crippen LogP contribution in [0.3, 0.4) is 0 Å². The van der Waals surface area contributed by atoms with Crippen LogP contribution in [-0.2, 0) is 13.0 Å². The first-order chi connectivity index (χ1) is 10.3. The predicted molar refractivity (Wildman–Crippen MR) is 82.0 cm³/mol. The maximum absolute atomic E-state index is 5.42. The highest BCUT2D eigenvalue weighted by atomic mass is 16.5. The molecule has 0 radical (unpaired) electrons. The fourth-order valence-corrected chi connectivity index (χ4v) is 3.81. The second-order valence-corrected chi connectivity index (χ2v) is 6.80. The van der Waals surface area contributed by atoms with Gasteiger partial charge in [-0.2, -0.15) is 4.98 Å². The van der Waals surface area contributed by atoms with Gasteiger partial charge in [0.05, 0.1) is 6.54 Å². The van der Waals surface area contributed by atoms with E-state index in [9.17, 15) is 0 Å². The molecule has 1 aromatic heterocycles. The Morgan fingerprint density at radius 1 is 1.33 bits per heavy atom. The van der Waals surface area contributed by atoms with Gasteiger partial charge in [0.1, 0.15) is 0 Å². The van der Waals surface area contributed by atoms with Gasteiger partial charge in [-0.05, 0) is 50.6 Å². The number of rotatable bonds is 5. The number of unbranched alkanes of at least 4 members (excludes halogenated alkanes) is 1. The number of piperidine rings is 2. The average Bonchev–Trinajstić information content (AvgIpc) is 2.93. The van der Waals surface area contributed by atoms with E-state index >= 15 is 0 Å². The van der Waals surface area contributed by atoms with Gasteiger partial charge in [0.25, 0.3) is 0 Å². The highest BCUT2D eigenvalue weighted by Gasteiger charge is 2.36. The molecular weight excluding hydrogens is 264 g/mol. The molecule has 3 heterocycles. The van der Waals surface area contributed by atoms with Crippen molar-refractivity contribution in [2.45, 2.75) is 58.4 Å². The van der Waals surface area contributed by atoms with Crippen molar-refractivity contribution in [2.24, 2.45) is 5.41 Å². The van der Waals surface area contributed by atoms with Gasteiger partial charge < -0.3 is 9.84 Å². The van der Waals surface area contributed by atoms with E-state index in [0.29, 0.717) is 5.41 Å². The lowest BCUT2D eigenvalue weighted by molar-refractivity contribution is 0.0538. The van der Waals surface area contributed by atoms with Gasteiger partial charge in [-0.25, -0.2) is 0 Å². The van der Waals surface area contributed by atoms with Crippen molar-refractivity contribution in [3.63, 3.8) is 0 Å². The van der Waals surface area contributed by atoms with Gasteiger partial charge in [0.2, 0.25) is 5.89 Å². The minimum atomic E-state index is 0.488. The molecule has 1 spiro atoms. The molecule has 1 aromatic rings. The first kappa shape index (κ1) is 15.0. The first-order valence-corrected chi connectivity index (χ1v) is 8.54. The summed E-state index contributed by atoms with van der Waals surface area (Å²) in [7, 11) is 0. The van der Waals surface area contributed by atoms with E-state index in [1.807, 2.05) is 0 Å². The minimum absolute atomic E-state index is 0.488. The van der Waals surface area contributed by atoms with E-state index in [1.54, 1.807) is 0 Å². The monoisotopic (exact) mass is 292 g/mol. The molecule has 1 atom stereocenters. The summed E-state index contributed by atoms with van der Waals surface area (Å²) in [6, 6.07) is 0. The van der Waals surface area contributed by atoms with Gasteiger partial charge >= 0.3 is 0 Å². The Morgan fingerprint density at radius 3 is 3.05 bits per heavy atom. The number of aromatic nitrogens is 2. The summed E-state index contributed by atoms with van der Waals surface area (Å²) in [6.45, 7) is 7.70. The second kappa shape index (κ2) is 6.88. The third kappa shape index (κ3) is 3.83. The van der Waals surface area contributed by atoms with Crippen LogP contribution >= 0.6 is 0 Å². The minimum Gasteiger partial charge on any atom is -0.338 e. The van der Waals surface area contributed by atoms with Gasteiger partial charge in [-0.1, -0.05) is 18.5 Å². The molecule has 1 N–H and O–H groups in total. The molecule has 0 amide bonds. The standard InChI is InChI=1S/C16H28N4O/c1-2-3-6-14-18-15(21-19-14)11-20-10-5-8-16(13-20)7-4-9-17-12-16/h17H,2-13H2,1H3. The maximum Gasteiger partial charge on any atom is 0.240 e. The Hall–Kier alpha value is -0.940. The lowest BCUT2D eigenvalue weighted by Gasteiger charge is -2.45. The zero-order chi connectivity index (χ0) is 14.5. The number of hydrogen-bond donors (Lipinski definition) is 1. The summed E-state index contributed by atoms with van der Waals surface area (Å²) in [5, 5.41) is 7.68. The maximum atomic E-state index is 5.42. The quantitative estimate of drug-likeness (QED) is 0.903. The molecule has 5 nitrogen and oxygen atoms in total. The van der Waals surface area contributed by atoms with E-state index in [-0.39, 0.29) is 0 Å². The van der Waals surface area contributed by atoms with E-state index in [0.717, 1.165) is 37.6 Å². The fourth-order valence-electron chi connectivity index (χ4n) is 3.81. The molecule has 2 fully saturated rings. The second-order valence-electron chi connectivity index (χ2n) is 6.80. The molecule has 2 aliphatic rings. The van der Waals surface area contributed by atoms with Crippen LogP contribution in [0.4, 0.5) is 0 Å². The molecule has 3 rings (SSSR count). The molecule has 0 aliphatic carbocycles. The van der Waals surface area contributed by atoms with Gasteiger partial charge in [0, 0.05) is 19.5 Å². The molecule has 118 valence electrons. The molecule has 21 heavy (non-hydrogen) atoms. The molecule has 0 bridgehead atoms. The number of likely N-dealkylation sites (tertiary alicyclic amines) is 1. The summed E-state index contributed by atoms with van der Waals surface area (Å²) in [5.74, 6) is 1.67. The summed E-state index contributed by atoms with van der Waals surface area (Å²) in [4.78, 5) is 7.05. The lowest BCUT2D eigenvalue weighted by Crippen LogP contribution is -2.50. The van der Waals surface area contributed by atoms with Crippen LogP contribution in [0.5, 0.6) is 0 Å². The van der Waals surface area contributed by atoms with E-state index < -0.39 is 0 Å². The number of nitrogens with one attached hydrogen (secondary N) is 1.